The Morgan fingerprint density at radius 1 is 1.64 bits per heavy atom. The van der Waals surface area contributed by atoms with Crippen LogP contribution in [-0.4, -0.2) is 9.55 Å². The van der Waals surface area contributed by atoms with Gasteiger partial charge in [0.05, 0.1) is 10.9 Å². The molecule has 0 aliphatic carbocycles. The van der Waals surface area contributed by atoms with E-state index in [0.717, 1.165) is 5.82 Å². The Morgan fingerprint density at radius 2 is 2.50 bits per heavy atom. The summed E-state index contributed by atoms with van der Waals surface area (Å²) in [6.07, 6.45) is 5.73. The molecule has 1 unspecified atom stereocenters. The standard InChI is InChI=1S/C11H12N2S/c1-3-9(2)13-7-6-12-11(13)10-5-4-8-14-10/h3-9H,1H2,2H3. The van der Waals surface area contributed by atoms with Gasteiger partial charge in [-0.3, -0.25) is 0 Å². The van der Waals surface area contributed by atoms with E-state index >= 15 is 0 Å². The molecule has 0 amide bonds. The number of thiophene rings is 1. The number of aromatic nitrogens is 2. The van der Waals surface area contributed by atoms with Gasteiger partial charge in [0.25, 0.3) is 0 Å². The Hall–Kier alpha value is -1.35. The SMILES string of the molecule is C=CC(C)n1ccnc1-c1cccs1. The van der Waals surface area contributed by atoms with Crippen LogP contribution in [0.2, 0.25) is 0 Å². The lowest BCUT2D eigenvalue weighted by atomic mass is 10.3. The molecule has 0 fully saturated rings. The summed E-state index contributed by atoms with van der Waals surface area (Å²) in [5, 5.41) is 2.06. The van der Waals surface area contributed by atoms with E-state index in [1.807, 2.05) is 24.5 Å². The molecule has 2 rings (SSSR count). The van der Waals surface area contributed by atoms with Gasteiger partial charge in [0.15, 0.2) is 5.82 Å². The van der Waals surface area contributed by atoms with Gasteiger partial charge in [-0.15, -0.1) is 17.9 Å². The van der Waals surface area contributed by atoms with Crippen molar-refractivity contribution in [2.24, 2.45) is 0 Å². The van der Waals surface area contributed by atoms with Gasteiger partial charge in [0.2, 0.25) is 0 Å². The van der Waals surface area contributed by atoms with Crippen LogP contribution in [0.15, 0.2) is 42.6 Å². The van der Waals surface area contributed by atoms with Gasteiger partial charge in [-0.1, -0.05) is 12.1 Å². The summed E-state index contributed by atoms with van der Waals surface area (Å²) >= 11 is 1.71. The molecule has 0 N–H and O–H groups in total. The van der Waals surface area contributed by atoms with Crippen LogP contribution < -0.4 is 0 Å². The molecule has 0 aliphatic rings. The van der Waals surface area contributed by atoms with E-state index in [2.05, 4.69) is 34.5 Å². The first-order chi connectivity index (χ1) is 6.83. The topological polar surface area (TPSA) is 17.8 Å². The van der Waals surface area contributed by atoms with Crippen LogP contribution in [0.3, 0.4) is 0 Å². The highest BCUT2D eigenvalue weighted by molar-refractivity contribution is 7.13. The summed E-state index contributed by atoms with van der Waals surface area (Å²) in [7, 11) is 0. The fourth-order valence-electron chi connectivity index (χ4n) is 1.35. The minimum atomic E-state index is 0.287. The minimum absolute atomic E-state index is 0.287. The zero-order valence-electron chi connectivity index (χ0n) is 8.05. The number of nitrogens with zero attached hydrogens (tertiary/aromatic N) is 2. The molecule has 2 nitrogen and oxygen atoms in total. The maximum absolute atomic E-state index is 4.35. The summed E-state index contributed by atoms with van der Waals surface area (Å²) in [6.45, 7) is 5.90. The highest BCUT2D eigenvalue weighted by atomic mass is 32.1. The van der Waals surface area contributed by atoms with Crippen molar-refractivity contribution < 1.29 is 0 Å². The van der Waals surface area contributed by atoms with Crippen molar-refractivity contribution in [1.82, 2.24) is 9.55 Å². The van der Waals surface area contributed by atoms with E-state index in [-0.39, 0.29) is 6.04 Å². The third-order valence-electron chi connectivity index (χ3n) is 2.19. The van der Waals surface area contributed by atoms with Crippen molar-refractivity contribution in [2.45, 2.75) is 13.0 Å². The third kappa shape index (κ3) is 1.51. The largest absolute Gasteiger partial charge is 0.324 e. The Bertz CT molecular complexity index is 414. The zero-order valence-corrected chi connectivity index (χ0v) is 8.87. The summed E-state index contributed by atoms with van der Waals surface area (Å²) in [4.78, 5) is 5.55. The summed E-state index contributed by atoms with van der Waals surface area (Å²) < 4.78 is 2.12. The molecule has 2 aromatic rings. The highest BCUT2D eigenvalue weighted by Gasteiger charge is 2.09. The summed E-state index contributed by atoms with van der Waals surface area (Å²) in [5.74, 6) is 1.02. The summed E-state index contributed by atoms with van der Waals surface area (Å²) in [5.41, 5.74) is 0. The Kier molecular flexibility index (Phi) is 2.50. The van der Waals surface area contributed by atoms with Gasteiger partial charge in [-0.25, -0.2) is 4.98 Å². The fourth-order valence-corrected chi connectivity index (χ4v) is 2.08. The van der Waals surface area contributed by atoms with Gasteiger partial charge in [0, 0.05) is 12.4 Å². The maximum Gasteiger partial charge on any atom is 0.150 e. The Labute approximate surface area is 87.5 Å². The highest BCUT2D eigenvalue weighted by Crippen LogP contribution is 2.25. The monoisotopic (exact) mass is 204 g/mol. The van der Waals surface area contributed by atoms with E-state index in [1.54, 1.807) is 11.3 Å². The van der Waals surface area contributed by atoms with E-state index in [0.29, 0.717) is 0 Å². The fraction of sp³-hybridized carbons (Fsp3) is 0.182. The average Bonchev–Trinajstić information content (AvgIpc) is 2.85. The van der Waals surface area contributed by atoms with Crippen molar-refractivity contribution in [3.05, 3.63) is 42.6 Å². The average molecular weight is 204 g/mol. The number of rotatable bonds is 3. The molecule has 0 saturated carbocycles. The molecular formula is C11H12N2S. The van der Waals surface area contributed by atoms with Crippen molar-refractivity contribution in [1.29, 1.82) is 0 Å². The van der Waals surface area contributed by atoms with Crippen LogP contribution in [0.4, 0.5) is 0 Å². The molecular weight excluding hydrogens is 192 g/mol. The molecule has 3 heteroatoms. The molecule has 14 heavy (non-hydrogen) atoms. The predicted molar refractivity (Wildman–Crippen MR) is 60.4 cm³/mol. The first kappa shape index (κ1) is 9.21. The molecule has 2 aromatic heterocycles. The normalized spacial score (nSPS) is 12.6. The summed E-state index contributed by atoms with van der Waals surface area (Å²) in [6, 6.07) is 4.41. The lowest BCUT2D eigenvalue weighted by Crippen LogP contribution is -2.01. The second kappa shape index (κ2) is 3.80. The first-order valence-electron chi connectivity index (χ1n) is 4.52. The molecule has 0 aromatic carbocycles. The molecule has 0 aliphatic heterocycles. The van der Waals surface area contributed by atoms with Gasteiger partial charge in [-0.2, -0.15) is 0 Å². The third-order valence-corrected chi connectivity index (χ3v) is 3.06. The van der Waals surface area contributed by atoms with Crippen LogP contribution in [0, 0.1) is 0 Å². The molecule has 2 heterocycles. The lowest BCUT2D eigenvalue weighted by molar-refractivity contribution is 0.670. The van der Waals surface area contributed by atoms with Crippen LogP contribution in [0.5, 0.6) is 0 Å². The Morgan fingerprint density at radius 3 is 3.14 bits per heavy atom. The van der Waals surface area contributed by atoms with Gasteiger partial charge in [-0.05, 0) is 18.4 Å². The Balaban J connectivity index is 2.44. The van der Waals surface area contributed by atoms with E-state index in [4.69, 9.17) is 0 Å². The van der Waals surface area contributed by atoms with Crippen molar-refractivity contribution in [3.8, 4) is 10.7 Å². The van der Waals surface area contributed by atoms with Crippen LogP contribution in [0.25, 0.3) is 10.7 Å². The minimum Gasteiger partial charge on any atom is -0.324 e. The predicted octanol–water partition coefficient (Wildman–Crippen LogP) is 3.36. The van der Waals surface area contributed by atoms with Crippen LogP contribution in [-0.2, 0) is 0 Å². The molecule has 0 saturated heterocycles. The van der Waals surface area contributed by atoms with Crippen molar-refractivity contribution >= 4 is 11.3 Å². The smallest absolute Gasteiger partial charge is 0.150 e. The number of imidazole rings is 1. The maximum atomic E-state index is 4.35. The molecule has 72 valence electrons. The van der Waals surface area contributed by atoms with Crippen molar-refractivity contribution in [3.63, 3.8) is 0 Å². The van der Waals surface area contributed by atoms with Crippen molar-refractivity contribution in [2.75, 3.05) is 0 Å². The second-order valence-electron chi connectivity index (χ2n) is 3.11. The quantitative estimate of drug-likeness (QED) is 0.701. The van der Waals surface area contributed by atoms with Gasteiger partial charge in [0.1, 0.15) is 0 Å². The number of hydrogen-bond donors (Lipinski definition) is 0. The van der Waals surface area contributed by atoms with Gasteiger partial charge < -0.3 is 4.57 Å². The lowest BCUT2D eigenvalue weighted by Gasteiger charge is -2.10. The van der Waals surface area contributed by atoms with Crippen LogP contribution >= 0.6 is 11.3 Å². The molecule has 0 bridgehead atoms. The van der Waals surface area contributed by atoms with Gasteiger partial charge >= 0.3 is 0 Å². The zero-order chi connectivity index (χ0) is 9.97. The van der Waals surface area contributed by atoms with E-state index in [9.17, 15) is 0 Å². The first-order valence-corrected chi connectivity index (χ1v) is 5.40. The van der Waals surface area contributed by atoms with Crippen LogP contribution in [0.1, 0.15) is 13.0 Å². The molecule has 0 spiro atoms. The van der Waals surface area contributed by atoms with E-state index in [1.165, 1.54) is 4.88 Å². The second-order valence-corrected chi connectivity index (χ2v) is 4.06. The molecule has 1 atom stereocenters. The molecule has 0 radical (unpaired) electrons. The number of hydrogen-bond acceptors (Lipinski definition) is 2. The number of allylic oxidation sites excluding steroid dienone is 1. The van der Waals surface area contributed by atoms with E-state index < -0.39 is 0 Å².